The van der Waals surface area contributed by atoms with E-state index in [0.717, 1.165) is 35.1 Å². The zero-order valence-corrected chi connectivity index (χ0v) is 24.5. The van der Waals surface area contributed by atoms with Crippen LogP contribution in [0.25, 0.3) is 0 Å². The van der Waals surface area contributed by atoms with E-state index >= 15 is 0 Å². The van der Waals surface area contributed by atoms with Gasteiger partial charge in [0.2, 0.25) is 0 Å². The summed E-state index contributed by atoms with van der Waals surface area (Å²) in [7, 11) is 0. The van der Waals surface area contributed by atoms with Gasteiger partial charge >= 0.3 is 0 Å². The van der Waals surface area contributed by atoms with Crippen LogP contribution in [0.3, 0.4) is 0 Å². The van der Waals surface area contributed by atoms with E-state index in [1.54, 1.807) is 12.2 Å². The van der Waals surface area contributed by atoms with Gasteiger partial charge in [0, 0.05) is 39.1 Å². The Hall–Kier alpha value is -3.54. The fourth-order valence-electron chi connectivity index (χ4n) is 9.31. The Balaban J connectivity index is 1.20. The first-order valence-electron chi connectivity index (χ1n) is 15.2. The molecule has 0 aromatic heterocycles. The van der Waals surface area contributed by atoms with Crippen LogP contribution in [-0.2, 0) is 19.1 Å². The van der Waals surface area contributed by atoms with E-state index in [9.17, 15) is 19.8 Å². The van der Waals surface area contributed by atoms with Gasteiger partial charge in [-0.15, -0.1) is 0 Å². The number of allylic oxidation sites excluding steroid dienone is 4. The predicted octanol–water partition coefficient (Wildman–Crippen LogP) is 4.27. The number of benzene rings is 2. The predicted molar refractivity (Wildman–Crippen MR) is 160 cm³/mol. The number of ether oxygens (including phenoxy) is 2. The number of fused-ring (bicyclic) bond motifs is 7. The lowest BCUT2D eigenvalue weighted by molar-refractivity contribution is -0.201. The van der Waals surface area contributed by atoms with Crippen LogP contribution in [0.5, 0.6) is 0 Å². The van der Waals surface area contributed by atoms with Gasteiger partial charge in [0.25, 0.3) is 0 Å². The van der Waals surface area contributed by atoms with Gasteiger partial charge in [-0.05, 0) is 86.1 Å². The van der Waals surface area contributed by atoms with E-state index in [2.05, 4.69) is 18.8 Å². The number of hydrogen-bond acceptors (Lipinski definition) is 7. The molecule has 0 spiro atoms. The highest BCUT2D eigenvalue weighted by molar-refractivity contribution is 6.01. The number of ketones is 2. The van der Waals surface area contributed by atoms with Crippen molar-refractivity contribution < 1.29 is 29.3 Å². The van der Waals surface area contributed by atoms with Crippen LogP contribution >= 0.6 is 0 Å². The Kier molecular flexibility index (Phi) is 6.57. The second-order valence-corrected chi connectivity index (χ2v) is 13.3. The molecule has 4 aliphatic carbocycles. The Morgan fingerprint density at radius 1 is 1.12 bits per heavy atom. The molecule has 0 amide bonds. The van der Waals surface area contributed by atoms with Gasteiger partial charge < -0.3 is 25.4 Å². The standard InChI is InChI=1S/C36H37NO6/c1-34-15-14-26(39)17-24(34)10-13-27-28-18-31-36(30(41)20-38,35(28,2)19-29(40)32(27)34)43-33(42-31)23-5-3-4-22(16-23)7-6-21-8-11-25(37)12-9-21/h3-5,8-9,11-12,14-17,27-29,31-33,38,40H,10,13,18-20,37H2,1-2H3/t27-,28-,29-,31+,32+,33+,34-,35-,36+/m0/s1. The molecule has 2 aromatic rings. The summed E-state index contributed by atoms with van der Waals surface area (Å²) >= 11 is 0. The molecule has 0 bridgehead atoms. The molecule has 4 fully saturated rings. The highest BCUT2D eigenvalue weighted by atomic mass is 16.7. The molecule has 4 N–H and O–H groups in total. The van der Waals surface area contributed by atoms with Gasteiger partial charge in [-0.25, -0.2) is 0 Å². The number of hydrogen-bond donors (Lipinski definition) is 3. The van der Waals surface area contributed by atoms with Crippen LogP contribution in [-0.4, -0.2) is 46.2 Å². The van der Waals surface area contributed by atoms with E-state index in [4.69, 9.17) is 15.2 Å². The molecule has 1 heterocycles. The quantitative estimate of drug-likeness (QED) is 0.367. The fraction of sp³-hybridized carbons (Fsp3) is 0.444. The molecule has 2 aromatic carbocycles. The van der Waals surface area contributed by atoms with E-state index < -0.39 is 47.3 Å². The highest BCUT2D eigenvalue weighted by Gasteiger charge is 2.75. The normalized spacial score (nSPS) is 39.1. The molecule has 7 rings (SSSR count). The van der Waals surface area contributed by atoms with Crippen molar-refractivity contribution in [2.24, 2.45) is 28.6 Å². The lowest BCUT2D eigenvalue weighted by Gasteiger charge is -2.59. The number of carbonyl (C=O) groups excluding carboxylic acids is 2. The van der Waals surface area contributed by atoms with Crippen molar-refractivity contribution in [2.75, 3.05) is 12.3 Å². The van der Waals surface area contributed by atoms with Gasteiger partial charge in [0.05, 0.1) is 12.2 Å². The molecule has 9 atom stereocenters. The summed E-state index contributed by atoms with van der Waals surface area (Å²) in [6.07, 6.45) is 5.79. The van der Waals surface area contributed by atoms with Crippen molar-refractivity contribution in [1.82, 2.24) is 0 Å². The van der Waals surface area contributed by atoms with Crippen molar-refractivity contribution in [3.63, 3.8) is 0 Å². The Labute approximate surface area is 251 Å². The van der Waals surface area contributed by atoms with Gasteiger partial charge in [0.15, 0.2) is 23.5 Å². The molecule has 5 aliphatic rings. The van der Waals surface area contributed by atoms with Crippen molar-refractivity contribution in [1.29, 1.82) is 0 Å². The van der Waals surface area contributed by atoms with Crippen LogP contribution in [0.2, 0.25) is 0 Å². The molecule has 0 unspecified atom stereocenters. The molecule has 7 heteroatoms. The summed E-state index contributed by atoms with van der Waals surface area (Å²) in [5.41, 5.74) is 7.37. The molecule has 3 saturated carbocycles. The van der Waals surface area contributed by atoms with Crippen LogP contribution in [0, 0.1) is 40.4 Å². The summed E-state index contributed by atoms with van der Waals surface area (Å²) in [4.78, 5) is 25.9. The topological polar surface area (TPSA) is 119 Å². The smallest absolute Gasteiger partial charge is 0.193 e. The minimum Gasteiger partial charge on any atom is -0.399 e. The lowest BCUT2D eigenvalue weighted by atomic mass is 9.46. The average molecular weight is 580 g/mol. The second-order valence-electron chi connectivity index (χ2n) is 13.3. The molecular weight excluding hydrogens is 542 g/mol. The van der Waals surface area contributed by atoms with E-state index in [1.807, 2.05) is 61.5 Å². The zero-order valence-electron chi connectivity index (χ0n) is 24.5. The van der Waals surface area contributed by atoms with Crippen LogP contribution in [0.1, 0.15) is 62.5 Å². The Bertz CT molecular complexity index is 1620. The molecule has 7 nitrogen and oxygen atoms in total. The SMILES string of the molecule is C[C@]12C=CC(=O)C=C1CC[C@@H]1[C@@H]2[C@@H](O)C[C@@]2(C)[C@H]1C[C@H]1O[C@@H](c3cccc(C#Cc4ccc(N)cc4)c3)O[C@]12C(=O)CO. The molecule has 1 aliphatic heterocycles. The van der Waals surface area contributed by atoms with E-state index in [-0.39, 0.29) is 23.5 Å². The maximum atomic E-state index is 13.8. The summed E-state index contributed by atoms with van der Waals surface area (Å²) in [5, 5.41) is 22.1. The summed E-state index contributed by atoms with van der Waals surface area (Å²) < 4.78 is 13.3. The van der Waals surface area contributed by atoms with Crippen LogP contribution in [0.15, 0.2) is 72.3 Å². The number of anilines is 1. The molecular formula is C36H37NO6. The Morgan fingerprint density at radius 2 is 1.88 bits per heavy atom. The van der Waals surface area contributed by atoms with Gasteiger partial charge in [-0.1, -0.05) is 49.5 Å². The van der Waals surface area contributed by atoms with Crippen LogP contribution in [0.4, 0.5) is 5.69 Å². The summed E-state index contributed by atoms with van der Waals surface area (Å²) in [5.74, 6) is 6.01. The first kappa shape index (κ1) is 28.2. The number of nitrogen functional groups attached to an aromatic ring is 1. The van der Waals surface area contributed by atoms with Gasteiger partial charge in [-0.3, -0.25) is 9.59 Å². The fourth-order valence-corrected chi connectivity index (χ4v) is 9.31. The number of carbonyl (C=O) groups is 2. The molecule has 43 heavy (non-hydrogen) atoms. The average Bonchev–Trinajstić information content (AvgIpc) is 3.50. The Morgan fingerprint density at radius 3 is 2.65 bits per heavy atom. The second kappa shape index (κ2) is 10.0. The van der Waals surface area contributed by atoms with E-state index in [0.29, 0.717) is 18.5 Å². The maximum Gasteiger partial charge on any atom is 0.193 e. The van der Waals surface area contributed by atoms with Crippen molar-refractivity contribution in [3.05, 3.63) is 89.0 Å². The number of aliphatic hydroxyl groups excluding tert-OH is 2. The van der Waals surface area contributed by atoms with E-state index in [1.165, 1.54) is 0 Å². The third-order valence-electron chi connectivity index (χ3n) is 11.2. The number of rotatable bonds is 3. The first-order chi connectivity index (χ1) is 20.6. The number of nitrogens with two attached hydrogens (primary N) is 1. The largest absolute Gasteiger partial charge is 0.399 e. The van der Waals surface area contributed by atoms with Crippen molar-refractivity contribution >= 4 is 17.3 Å². The third-order valence-corrected chi connectivity index (χ3v) is 11.2. The lowest BCUT2D eigenvalue weighted by Crippen LogP contribution is -2.63. The van der Waals surface area contributed by atoms with Gasteiger partial charge in [-0.2, -0.15) is 0 Å². The van der Waals surface area contributed by atoms with Crippen molar-refractivity contribution in [2.45, 2.75) is 63.6 Å². The first-order valence-corrected chi connectivity index (χ1v) is 15.2. The van der Waals surface area contributed by atoms with Crippen molar-refractivity contribution in [3.8, 4) is 11.8 Å². The van der Waals surface area contributed by atoms with Gasteiger partial charge in [0.1, 0.15) is 6.61 Å². The minimum absolute atomic E-state index is 0.00268. The summed E-state index contributed by atoms with van der Waals surface area (Å²) in [6, 6.07) is 15.0. The molecule has 0 radical (unpaired) electrons. The molecule has 1 saturated heterocycles. The minimum atomic E-state index is -1.38. The maximum absolute atomic E-state index is 13.8. The number of Topliss-reactive ketones (excluding diaryl/α,β-unsaturated/α-hetero) is 1. The number of aliphatic hydroxyl groups is 2. The van der Waals surface area contributed by atoms with Crippen LogP contribution < -0.4 is 5.73 Å². The highest BCUT2D eigenvalue weighted by Crippen LogP contribution is 2.70. The monoisotopic (exact) mass is 579 g/mol. The molecule has 222 valence electrons. The third kappa shape index (κ3) is 4.12. The summed E-state index contributed by atoms with van der Waals surface area (Å²) in [6.45, 7) is 3.50. The zero-order chi connectivity index (χ0) is 30.1.